The van der Waals surface area contributed by atoms with Gasteiger partial charge in [0.25, 0.3) is 5.91 Å². The predicted octanol–water partition coefficient (Wildman–Crippen LogP) is 3.78. The van der Waals surface area contributed by atoms with Crippen LogP contribution in [0.2, 0.25) is 0 Å². The smallest absolute Gasteiger partial charge is 0.328 e. The minimum atomic E-state index is -0.817. The van der Waals surface area contributed by atoms with E-state index in [1.807, 2.05) is 6.07 Å². The van der Waals surface area contributed by atoms with Gasteiger partial charge in [0.1, 0.15) is 17.8 Å². The zero-order chi connectivity index (χ0) is 24.7. The van der Waals surface area contributed by atoms with Crippen LogP contribution in [0.3, 0.4) is 0 Å². The number of para-hydroxylation sites is 1. The molecule has 0 saturated carbocycles. The van der Waals surface area contributed by atoms with Gasteiger partial charge in [0.05, 0.1) is 18.4 Å². The molecule has 0 unspecified atom stereocenters. The molecule has 0 aliphatic rings. The number of ether oxygens (including phenoxy) is 1. The number of esters is 1. The minimum absolute atomic E-state index is 0.0534. The standard InChI is InChI=1S/C24H23N5O5/c1-14(2)21(23(31)33-3)28-22(30)20-12-19(29-34-20)15-8-10-17(11-9-15)26-24(32)27-18-7-5-4-6-16(18)13-25/h4-12,14,21H,1-3H3,(H,28,30)(H2,26,27,32)/t21-/m1/s1. The number of hydrogen-bond acceptors (Lipinski definition) is 7. The molecule has 10 nitrogen and oxygen atoms in total. The number of hydrogen-bond donors (Lipinski definition) is 3. The van der Waals surface area contributed by atoms with E-state index in [2.05, 4.69) is 21.1 Å². The number of carbonyl (C=O) groups excluding carboxylic acids is 3. The third-order valence-corrected chi connectivity index (χ3v) is 4.88. The van der Waals surface area contributed by atoms with E-state index < -0.39 is 23.9 Å². The third kappa shape index (κ3) is 5.77. The molecule has 0 fully saturated rings. The van der Waals surface area contributed by atoms with Crippen LogP contribution in [0.1, 0.15) is 30.0 Å². The van der Waals surface area contributed by atoms with Crippen molar-refractivity contribution >= 4 is 29.3 Å². The van der Waals surface area contributed by atoms with Crippen LogP contribution >= 0.6 is 0 Å². The Labute approximate surface area is 195 Å². The van der Waals surface area contributed by atoms with E-state index in [4.69, 9.17) is 14.5 Å². The van der Waals surface area contributed by atoms with Crippen molar-refractivity contribution in [3.63, 3.8) is 0 Å². The van der Waals surface area contributed by atoms with E-state index in [9.17, 15) is 14.4 Å². The number of anilines is 2. The van der Waals surface area contributed by atoms with Gasteiger partial charge in [-0.2, -0.15) is 5.26 Å². The number of nitriles is 1. The summed E-state index contributed by atoms with van der Waals surface area (Å²) in [5, 5.41) is 20.9. The Morgan fingerprint density at radius 3 is 2.41 bits per heavy atom. The summed E-state index contributed by atoms with van der Waals surface area (Å²) in [6.45, 7) is 3.57. The van der Waals surface area contributed by atoms with Crippen LogP contribution in [0.25, 0.3) is 11.3 Å². The fourth-order valence-electron chi connectivity index (χ4n) is 3.05. The van der Waals surface area contributed by atoms with E-state index in [1.165, 1.54) is 13.2 Å². The maximum atomic E-state index is 12.5. The summed E-state index contributed by atoms with van der Waals surface area (Å²) >= 11 is 0. The highest BCUT2D eigenvalue weighted by Crippen LogP contribution is 2.22. The number of rotatable bonds is 7. The van der Waals surface area contributed by atoms with Gasteiger partial charge in [-0.15, -0.1) is 0 Å². The number of urea groups is 1. The number of nitrogens with one attached hydrogen (secondary N) is 3. The number of amides is 3. The van der Waals surface area contributed by atoms with Gasteiger partial charge in [-0.25, -0.2) is 9.59 Å². The molecular formula is C24H23N5O5. The number of methoxy groups -OCH3 is 1. The molecule has 3 N–H and O–H groups in total. The van der Waals surface area contributed by atoms with Gasteiger partial charge < -0.3 is 25.2 Å². The Hall–Kier alpha value is -4.65. The highest BCUT2D eigenvalue weighted by atomic mass is 16.5. The van der Waals surface area contributed by atoms with E-state index in [-0.39, 0.29) is 11.7 Å². The lowest BCUT2D eigenvalue weighted by Gasteiger charge is -2.18. The Balaban J connectivity index is 1.64. The van der Waals surface area contributed by atoms with E-state index in [1.54, 1.807) is 62.4 Å². The fourth-order valence-corrected chi connectivity index (χ4v) is 3.05. The van der Waals surface area contributed by atoms with Crippen LogP contribution in [0.15, 0.2) is 59.1 Å². The quantitative estimate of drug-likeness (QED) is 0.454. The average molecular weight is 461 g/mol. The zero-order valence-electron chi connectivity index (χ0n) is 18.8. The summed E-state index contributed by atoms with van der Waals surface area (Å²) in [5.41, 5.74) is 2.32. The first kappa shape index (κ1) is 24.0. The molecule has 3 aromatic rings. The molecule has 1 atom stereocenters. The Bertz CT molecular complexity index is 1230. The van der Waals surface area contributed by atoms with Gasteiger partial charge in [0.2, 0.25) is 5.76 Å². The van der Waals surface area contributed by atoms with Crippen molar-refractivity contribution in [3.05, 3.63) is 65.9 Å². The molecule has 2 aromatic carbocycles. The summed E-state index contributed by atoms with van der Waals surface area (Å²) in [6.07, 6.45) is 0. The molecule has 3 rings (SSSR count). The van der Waals surface area contributed by atoms with Crippen molar-refractivity contribution in [2.24, 2.45) is 5.92 Å². The summed E-state index contributed by atoms with van der Waals surface area (Å²) in [6, 6.07) is 15.5. The maximum absolute atomic E-state index is 12.5. The molecule has 3 amide bonds. The topological polar surface area (TPSA) is 146 Å². The highest BCUT2D eigenvalue weighted by Gasteiger charge is 2.27. The maximum Gasteiger partial charge on any atom is 0.328 e. The highest BCUT2D eigenvalue weighted by molar-refractivity contribution is 6.00. The van der Waals surface area contributed by atoms with Crippen LogP contribution in [0.4, 0.5) is 16.2 Å². The van der Waals surface area contributed by atoms with Crippen LogP contribution in [-0.2, 0) is 9.53 Å². The summed E-state index contributed by atoms with van der Waals surface area (Å²) in [4.78, 5) is 36.6. The minimum Gasteiger partial charge on any atom is -0.467 e. The Morgan fingerprint density at radius 1 is 1.06 bits per heavy atom. The van der Waals surface area contributed by atoms with Gasteiger partial charge in [0.15, 0.2) is 0 Å². The summed E-state index contributed by atoms with van der Waals surface area (Å²) in [7, 11) is 1.25. The second kappa shape index (κ2) is 10.8. The van der Waals surface area contributed by atoms with Gasteiger partial charge in [-0.1, -0.05) is 43.3 Å². The average Bonchev–Trinajstić information content (AvgIpc) is 3.33. The Kier molecular flexibility index (Phi) is 7.61. The molecule has 1 aromatic heterocycles. The van der Waals surface area contributed by atoms with Crippen molar-refractivity contribution in [2.75, 3.05) is 17.7 Å². The predicted molar refractivity (Wildman–Crippen MR) is 124 cm³/mol. The first-order valence-electron chi connectivity index (χ1n) is 10.4. The number of benzene rings is 2. The second-order valence-electron chi connectivity index (χ2n) is 7.61. The molecule has 0 saturated heterocycles. The summed E-state index contributed by atoms with van der Waals surface area (Å²) < 4.78 is 9.86. The molecule has 0 bridgehead atoms. The van der Waals surface area contributed by atoms with Crippen molar-refractivity contribution in [1.29, 1.82) is 5.26 Å². The lowest BCUT2D eigenvalue weighted by molar-refractivity contribution is -0.144. The second-order valence-corrected chi connectivity index (χ2v) is 7.61. The van der Waals surface area contributed by atoms with Gasteiger partial charge >= 0.3 is 12.0 Å². The Morgan fingerprint density at radius 2 is 1.76 bits per heavy atom. The lowest BCUT2D eigenvalue weighted by Crippen LogP contribution is -2.44. The molecule has 0 spiro atoms. The molecule has 0 aliphatic carbocycles. The van der Waals surface area contributed by atoms with Crippen molar-refractivity contribution in [1.82, 2.24) is 10.5 Å². The normalized spacial score (nSPS) is 11.3. The molecule has 0 radical (unpaired) electrons. The SMILES string of the molecule is COC(=O)[C@H](NC(=O)c1cc(-c2ccc(NC(=O)Nc3ccccc3C#N)cc2)no1)C(C)C. The van der Waals surface area contributed by atoms with Crippen molar-refractivity contribution in [2.45, 2.75) is 19.9 Å². The molecule has 1 heterocycles. The van der Waals surface area contributed by atoms with Crippen LogP contribution in [-0.4, -0.2) is 36.2 Å². The molecule has 174 valence electrons. The lowest BCUT2D eigenvalue weighted by atomic mass is 10.0. The number of nitrogens with zero attached hydrogens (tertiary/aromatic N) is 2. The monoisotopic (exact) mass is 461 g/mol. The molecule has 10 heteroatoms. The third-order valence-electron chi connectivity index (χ3n) is 4.88. The fraction of sp³-hybridized carbons (Fsp3) is 0.208. The number of aromatic nitrogens is 1. The largest absolute Gasteiger partial charge is 0.467 e. The molecule has 34 heavy (non-hydrogen) atoms. The van der Waals surface area contributed by atoms with E-state index in [0.717, 1.165) is 0 Å². The first-order chi connectivity index (χ1) is 16.3. The van der Waals surface area contributed by atoms with Crippen LogP contribution in [0, 0.1) is 17.2 Å². The van der Waals surface area contributed by atoms with Gasteiger partial charge in [0, 0.05) is 17.3 Å². The number of carbonyl (C=O) groups is 3. The van der Waals surface area contributed by atoms with Gasteiger partial charge in [-0.05, 0) is 30.2 Å². The zero-order valence-corrected chi connectivity index (χ0v) is 18.8. The van der Waals surface area contributed by atoms with Crippen molar-refractivity contribution < 1.29 is 23.6 Å². The van der Waals surface area contributed by atoms with Crippen LogP contribution < -0.4 is 16.0 Å². The first-order valence-corrected chi connectivity index (χ1v) is 10.4. The van der Waals surface area contributed by atoms with E-state index >= 15 is 0 Å². The van der Waals surface area contributed by atoms with Gasteiger partial charge in [-0.3, -0.25) is 4.79 Å². The van der Waals surface area contributed by atoms with Crippen LogP contribution in [0.5, 0.6) is 0 Å². The van der Waals surface area contributed by atoms with E-state index in [0.29, 0.717) is 28.2 Å². The van der Waals surface area contributed by atoms with Crippen molar-refractivity contribution in [3.8, 4) is 17.3 Å². The molecule has 0 aliphatic heterocycles. The molecular weight excluding hydrogens is 438 g/mol. The summed E-state index contributed by atoms with van der Waals surface area (Å²) in [5.74, 6) is -1.37.